The van der Waals surface area contributed by atoms with Crippen LogP contribution in [0, 0.1) is 25.2 Å². The molecule has 1 heterocycles. The fourth-order valence-corrected chi connectivity index (χ4v) is 3.00. The highest BCUT2D eigenvalue weighted by Gasteiger charge is 2.10. The van der Waals surface area contributed by atoms with Crippen LogP contribution in [-0.4, -0.2) is 11.6 Å². The molecule has 0 unspecified atom stereocenters. The lowest BCUT2D eigenvalue weighted by Gasteiger charge is -2.20. The second-order valence-electron chi connectivity index (χ2n) is 6.30. The number of nitrogens with two attached hydrogens (primary N) is 1. The summed E-state index contributed by atoms with van der Waals surface area (Å²) in [7, 11) is 1.82. The van der Waals surface area contributed by atoms with Crippen molar-refractivity contribution in [3.05, 3.63) is 77.1 Å². The van der Waals surface area contributed by atoms with E-state index in [1.807, 2.05) is 61.1 Å². The molecule has 0 aliphatic carbocycles. The van der Waals surface area contributed by atoms with Crippen LogP contribution in [-0.2, 0) is 6.61 Å². The maximum Gasteiger partial charge on any atom is 0.124 e. The molecule has 0 aliphatic heterocycles. The maximum absolute atomic E-state index is 9.19. The maximum atomic E-state index is 9.19. The lowest BCUT2D eigenvalue weighted by Crippen LogP contribution is -2.26. The van der Waals surface area contributed by atoms with Gasteiger partial charge in [0.1, 0.15) is 24.1 Å². The van der Waals surface area contributed by atoms with Gasteiger partial charge in [-0.25, -0.2) is 5.84 Å². The van der Waals surface area contributed by atoms with Gasteiger partial charge in [-0.3, -0.25) is 0 Å². The van der Waals surface area contributed by atoms with Crippen LogP contribution in [0.2, 0.25) is 0 Å². The molecule has 2 N–H and O–H groups in total. The van der Waals surface area contributed by atoms with Gasteiger partial charge in [0.15, 0.2) is 0 Å². The standard InChI is InChI=1S/C21H22N4O/c1-15-6-4-8-20(24(3)23)19(15)14-26-21-10-9-17(12-16(21)2)25-11-5-7-18(25)13-22/h4-12H,14,23H2,1-3H3. The molecule has 1 aromatic heterocycles. The molecule has 0 spiro atoms. The Bertz CT molecular complexity index is 966. The van der Waals surface area contributed by atoms with Crippen LogP contribution in [0.1, 0.15) is 22.4 Å². The van der Waals surface area contributed by atoms with Crippen molar-refractivity contribution in [1.29, 1.82) is 5.26 Å². The summed E-state index contributed by atoms with van der Waals surface area (Å²) >= 11 is 0. The highest BCUT2D eigenvalue weighted by molar-refractivity contribution is 5.55. The molecule has 0 saturated heterocycles. The minimum Gasteiger partial charge on any atom is -0.489 e. The second kappa shape index (κ2) is 7.34. The zero-order valence-corrected chi connectivity index (χ0v) is 15.2. The first-order chi connectivity index (χ1) is 12.5. The summed E-state index contributed by atoms with van der Waals surface area (Å²) in [6.07, 6.45) is 1.88. The lowest BCUT2D eigenvalue weighted by molar-refractivity contribution is 0.303. The van der Waals surface area contributed by atoms with Gasteiger partial charge in [-0.15, -0.1) is 0 Å². The quantitative estimate of drug-likeness (QED) is 0.563. The molecular formula is C21H22N4O. The first kappa shape index (κ1) is 17.6. The van der Waals surface area contributed by atoms with Crippen molar-refractivity contribution in [2.75, 3.05) is 12.1 Å². The van der Waals surface area contributed by atoms with Gasteiger partial charge >= 0.3 is 0 Å². The third-order valence-corrected chi connectivity index (χ3v) is 4.44. The highest BCUT2D eigenvalue weighted by Crippen LogP contribution is 2.26. The van der Waals surface area contributed by atoms with E-state index in [1.54, 1.807) is 11.1 Å². The lowest BCUT2D eigenvalue weighted by atomic mass is 10.1. The van der Waals surface area contributed by atoms with E-state index >= 15 is 0 Å². The monoisotopic (exact) mass is 346 g/mol. The van der Waals surface area contributed by atoms with Crippen LogP contribution in [0.3, 0.4) is 0 Å². The molecule has 2 aromatic carbocycles. The number of rotatable bonds is 5. The molecular weight excluding hydrogens is 324 g/mol. The molecule has 0 amide bonds. The molecule has 0 radical (unpaired) electrons. The summed E-state index contributed by atoms with van der Waals surface area (Å²) in [5.41, 5.74) is 5.71. The molecule has 132 valence electrons. The van der Waals surface area contributed by atoms with E-state index in [0.717, 1.165) is 33.8 Å². The number of hydrogen-bond acceptors (Lipinski definition) is 4. The molecule has 5 heteroatoms. The van der Waals surface area contributed by atoms with Gasteiger partial charge in [0.25, 0.3) is 0 Å². The highest BCUT2D eigenvalue weighted by atomic mass is 16.5. The zero-order chi connectivity index (χ0) is 18.7. The van der Waals surface area contributed by atoms with Crippen molar-refractivity contribution in [2.45, 2.75) is 20.5 Å². The number of anilines is 1. The van der Waals surface area contributed by atoms with Crippen molar-refractivity contribution in [1.82, 2.24) is 4.57 Å². The number of benzene rings is 2. The Hall–Kier alpha value is -3.23. The third kappa shape index (κ3) is 3.41. The Kier molecular flexibility index (Phi) is 4.97. The van der Waals surface area contributed by atoms with Gasteiger partial charge in [-0.2, -0.15) is 5.26 Å². The van der Waals surface area contributed by atoms with Crippen LogP contribution in [0.5, 0.6) is 5.75 Å². The number of hydrogen-bond donors (Lipinski definition) is 1. The Balaban J connectivity index is 1.84. The van der Waals surface area contributed by atoms with Crippen molar-refractivity contribution < 1.29 is 4.74 Å². The summed E-state index contributed by atoms with van der Waals surface area (Å²) in [5, 5.41) is 10.8. The number of nitriles is 1. The minimum absolute atomic E-state index is 0.441. The van der Waals surface area contributed by atoms with Crippen LogP contribution >= 0.6 is 0 Å². The van der Waals surface area contributed by atoms with E-state index in [-0.39, 0.29) is 0 Å². The fraction of sp³-hybridized carbons (Fsp3) is 0.190. The fourth-order valence-electron chi connectivity index (χ4n) is 3.00. The van der Waals surface area contributed by atoms with Gasteiger partial charge < -0.3 is 14.3 Å². The molecule has 0 atom stereocenters. The van der Waals surface area contributed by atoms with Crippen molar-refractivity contribution >= 4 is 5.69 Å². The first-order valence-corrected chi connectivity index (χ1v) is 8.39. The summed E-state index contributed by atoms with van der Waals surface area (Å²) in [5.74, 6) is 6.75. The Morgan fingerprint density at radius 1 is 1.12 bits per heavy atom. The smallest absolute Gasteiger partial charge is 0.124 e. The minimum atomic E-state index is 0.441. The largest absolute Gasteiger partial charge is 0.489 e. The van der Waals surface area contributed by atoms with Crippen molar-refractivity contribution in [3.63, 3.8) is 0 Å². The summed E-state index contributed by atoms with van der Waals surface area (Å²) < 4.78 is 7.93. The Morgan fingerprint density at radius 3 is 2.62 bits per heavy atom. The van der Waals surface area contributed by atoms with E-state index in [2.05, 4.69) is 19.1 Å². The third-order valence-electron chi connectivity index (χ3n) is 4.44. The number of aryl methyl sites for hydroxylation is 2. The van der Waals surface area contributed by atoms with E-state index in [1.165, 1.54) is 0 Å². The van der Waals surface area contributed by atoms with Gasteiger partial charge in [0, 0.05) is 24.5 Å². The number of aromatic nitrogens is 1. The van der Waals surface area contributed by atoms with Crippen LogP contribution in [0.25, 0.3) is 5.69 Å². The Labute approximate surface area is 153 Å². The van der Waals surface area contributed by atoms with E-state index in [9.17, 15) is 5.26 Å². The summed E-state index contributed by atoms with van der Waals surface area (Å²) in [6.45, 7) is 4.50. The van der Waals surface area contributed by atoms with Crippen LogP contribution < -0.4 is 15.6 Å². The summed E-state index contributed by atoms with van der Waals surface area (Å²) in [4.78, 5) is 0. The predicted molar refractivity (Wildman–Crippen MR) is 103 cm³/mol. The average molecular weight is 346 g/mol. The predicted octanol–water partition coefficient (Wildman–Crippen LogP) is 3.85. The SMILES string of the molecule is Cc1cc(-n2cccc2C#N)ccc1OCc1c(C)cccc1N(C)N. The molecule has 0 bridgehead atoms. The van der Waals surface area contributed by atoms with Crippen molar-refractivity contribution in [3.8, 4) is 17.5 Å². The molecule has 26 heavy (non-hydrogen) atoms. The Morgan fingerprint density at radius 2 is 1.92 bits per heavy atom. The normalized spacial score (nSPS) is 10.4. The van der Waals surface area contributed by atoms with Gasteiger partial charge in [-0.05, 0) is 61.4 Å². The van der Waals surface area contributed by atoms with Gasteiger partial charge in [0.05, 0.1) is 5.69 Å². The number of ether oxygens (including phenoxy) is 1. The van der Waals surface area contributed by atoms with Gasteiger partial charge in [-0.1, -0.05) is 12.1 Å². The van der Waals surface area contributed by atoms with Crippen molar-refractivity contribution in [2.24, 2.45) is 5.84 Å². The molecule has 3 aromatic rings. The van der Waals surface area contributed by atoms with Crippen LogP contribution in [0.15, 0.2) is 54.7 Å². The molecule has 0 saturated carbocycles. The number of hydrazine groups is 1. The molecule has 5 nitrogen and oxygen atoms in total. The van der Waals surface area contributed by atoms with E-state index in [0.29, 0.717) is 12.3 Å². The van der Waals surface area contributed by atoms with Crippen LogP contribution in [0.4, 0.5) is 5.69 Å². The molecule has 3 rings (SSSR count). The molecule has 0 aliphatic rings. The van der Waals surface area contributed by atoms with E-state index < -0.39 is 0 Å². The first-order valence-electron chi connectivity index (χ1n) is 8.39. The molecule has 0 fully saturated rings. The summed E-state index contributed by atoms with van der Waals surface area (Å²) in [6, 6.07) is 17.8. The topological polar surface area (TPSA) is 67.2 Å². The average Bonchev–Trinajstić information content (AvgIpc) is 3.10. The second-order valence-corrected chi connectivity index (χ2v) is 6.30. The number of nitrogens with zero attached hydrogens (tertiary/aromatic N) is 3. The zero-order valence-electron chi connectivity index (χ0n) is 15.2. The van der Waals surface area contributed by atoms with E-state index in [4.69, 9.17) is 10.6 Å². The van der Waals surface area contributed by atoms with Gasteiger partial charge in [0.2, 0.25) is 0 Å².